The topological polar surface area (TPSA) is 69.7 Å². The zero-order valence-electron chi connectivity index (χ0n) is 17.1. The lowest BCUT2D eigenvalue weighted by molar-refractivity contribution is -0.127. The minimum absolute atomic E-state index is 0.0517. The van der Waals surface area contributed by atoms with E-state index in [2.05, 4.69) is 17.1 Å². The second-order valence-corrected chi connectivity index (χ2v) is 10.0. The summed E-state index contributed by atoms with van der Waals surface area (Å²) in [6.45, 7) is 6.01. The Morgan fingerprint density at radius 2 is 1.69 bits per heavy atom. The molecule has 0 atom stereocenters. The van der Waals surface area contributed by atoms with Gasteiger partial charge in [0, 0.05) is 38.1 Å². The fourth-order valence-electron chi connectivity index (χ4n) is 4.12. The first-order valence-corrected chi connectivity index (χ1v) is 12.1. The van der Waals surface area contributed by atoms with E-state index in [9.17, 15) is 17.6 Å². The Morgan fingerprint density at radius 3 is 2.28 bits per heavy atom. The molecule has 2 aliphatic rings. The van der Waals surface area contributed by atoms with Gasteiger partial charge in [-0.15, -0.1) is 0 Å². The Balaban J connectivity index is 1.45. The van der Waals surface area contributed by atoms with Gasteiger partial charge in [-0.25, -0.2) is 12.8 Å². The van der Waals surface area contributed by atoms with E-state index in [0.717, 1.165) is 44.6 Å². The van der Waals surface area contributed by atoms with E-state index in [-0.39, 0.29) is 22.8 Å². The van der Waals surface area contributed by atoms with Crippen molar-refractivity contribution in [1.82, 2.24) is 14.5 Å². The Hall–Kier alpha value is -1.51. The molecule has 0 bridgehead atoms. The molecular formula is C21H32FN3O3S. The van der Waals surface area contributed by atoms with Gasteiger partial charge in [0.25, 0.3) is 0 Å². The largest absolute Gasteiger partial charge is 0.353 e. The molecule has 0 spiro atoms. The number of carbonyl (C=O) groups is 1. The molecule has 2 heterocycles. The van der Waals surface area contributed by atoms with Crippen LogP contribution >= 0.6 is 0 Å². The average Bonchev–Trinajstić information content (AvgIpc) is 2.73. The number of likely N-dealkylation sites (tertiary alicyclic amines) is 1. The van der Waals surface area contributed by atoms with E-state index in [1.807, 2.05) is 0 Å². The van der Waals surface area contributed by atoms with E-state index in [1.54, 1.807) is 0 Å². The third-order valence-corrected chi connectivity index (χ3v) is 7.95. The van der Waals surface area contributed by atoms with Gasteiger partial charge in [0.1, 0.15) is 5.82 Å². The number of hydrogen-bond acceptors (Lipinski definition) is 4. The fraction of sp³-hybridized carbons (Fsp3) is 0.667. The molecule has 2 aliphatic heterocycles. The van der Waals surface area contributed by atoms with Crippen molar-refractivity contribution in [3.05, 3.63) is 30.1 Å². The summed E-state index contributed by atoms with van der Waals surface area (Å²) in [5, 5.41) is 3.18. The van der Waals surface area contributed by atoms with Crippen LogP contribution in [-0.4, -0.2) is 62.3 Å². The normalized spacial score (nSPS) is 20.6. The van der Waals surface area contributed by atoms with Crippen molar-refractivity contribution in [2.75, 3.05) is 32.7 Å². The molecule has 0 aliphatic carbocycles. The van der Waals surface area contributed by atoms with Crippen LogP contribution in [0.4, 0.5) is 4.39 Å². The average molecular weight is 426 g/mol. The SMILES string of the molecule is CCCCN1CCC(NC(=O)C2CCN(S(=O)(=O)c3ccc(F)cc3)CC2)CC1. The molecule has 2 saturated heterocycles. The van der Waals surface area contributed by atoms with Crippen LogP contribution in [0.2, 0.25) is 0 Å². The van der Waals surface area contributed by atoms with Gasteiger partial charge in [-0.05, 0) is 62.9 Å². The molecule has 29 heavy (non-hydrogen) atoms. The molecular weight excluding hydrogens is 393 g/mol. The lowest BCUT2D eigenvalue weighted by Crippen LogP contribution is -2.48. The van der Waals surface area contributed by atoms with Crippen LogP contribution in [0.5, 0.6) is 0 Å². The van der Waals surface area contributed by atoms with Crippen molar-refractivity contribution in [3.63, 3.8) is 0 Å². The third kappa shape index (κ3) is 5.77. The maximum Gasteiger partial charge on any atom is 0.243 e. The number of amides is 1. The molecule has 3 rings (SSSR count). The first-order valence-electron chi connectivity index (χ1n) is 10.7. The Labute approximate surface area is 173 Å². The Kier molecular flexibility index (Phi) is 7.65. The third-order valence-electron chi connectivity index (χ3n) is 6.04. The second kappa shape index (κ2) is 10.00. The van der Waals surface area contributed by atoms with Crippen LogP contribution < -0.4 is 5.32 Å². The highest BCUT2D eigenvalue weighted by molar-refractivity contribution is 7.89. The van der Waals surface area contributed by atoms with Crippen molar-refractivity contribution >= 4 is 15.9 Å². The smallest absolute Gasteiger partial charge is 0.243 e. The molecule has 1 amide bonds. The van der Waals surface area contributed by atoms with Gasteiger partial charge in [0.2, 0.25) is 15.9 Å². The zero-order chi connectivity index (χ0) is 20.9. The minimum Gasteiger partial charge on any atom is -0.353 e. The Bertz CT molecular complexity index is 769. The highest BCUT2D eigenvalue weighted by Crippen LogP contribution is 2.24. The van der Waals surface area contributed by atoms with Gasteiger partial charge in [-0.2, -0.15) is 4.31 Å². The molecule has 162 valence electrons. The molecule has 1 N–H and O–H groups in total. The standard InChI is InChI=1S/C21H32FN3O3S/c1-2-3-12-24-13-10-19(11-14-24)23-21(26)17-8-15-25(16-9-17)29(27,28)20-6-4-18(22)5-7-20/h4-7,17,19H,2-3,8-16H2,1H3,(H,23,26). The van der Waals surface area contributed by atoms with Crippen LogP contribution in [0.15, 0.2) is 29.2 Å². The quantitative estimate of drug-likeness (QED) is 0.729. The van der Waals surface area contributed by atoms with E-state index in [1.165, 1.54) is 29.3 Å². The lowest BCUT2D eigenvalue weighted by atomic mass is 9.96. The van der Waals surface area contributed by atoms with Crippen molar-refractivity contribution in [2.24, 2.45) is 5.92 Å². The molecule has 1 aromatic rings. The number of halogens is 1. The zero-order valence-corrected chi connectivity index (χ0v) is 18.0. The van der Waals surface area contributed by atoms with Gasteiger partial charge in [0.15, 0.2) is 0 Å². The van der Waals surface area contributed by atoms with Crippen LogP contribution in [0.25, 0.3) is 0 Å². The highest BCUT2D eigenvalue weighted by Gasteiger charge is 2.33. The number of unbranched alkanes of at least 4 members (excludes halogenated alkanes) is 1. The maximum atomic E-state index is 13.1. The van der Waals surface area contributed by atoms with Crippen LogP contribution in [-0.2, 0) is 14.8 Å². The maximum absolute atomic E-state index is 13.1. The number of hydrogen-bond donors (Lipinski definition) is 1. The van der Waals surface area contributed by atoms with Gasteiger partial charge in [0.05, 0.1) is 4.90 Å². The van der Waals surface area contributed by atoms with Crippen LogP contribution in [0, 0.1) is 11.7 Å². The number of piperidine rings is 2. The van der Waals surface area contributed by atoms with Gasteiger partial charge in [-0.3, -0.25) is 4.79 Å². The monoisotopic (exact) mass is 425 g/mol. The lowest BCUT2D eigenvalue weighted by Gasteiger charge is -2.34. The molecule has 0 radical (unpaired) electrons. The molecule has 0 aromatic heterocycles. The predicted molar refractivity (Wildman–Crippen MR) is 110 cm³/mol. The van der Waals surface area contributed by atoms with Gasteiger partial charge < -0.3 is 10.2 Å². The highest BCUT2D eigenvalue weighted by atomic mass is 32.2. The number of benzene rings is 1. The summed E-state index contributed by atoms with van der Waals surface area (Å²) in [5.41, 5.74) is 0. The number of carbonyl (C=O) groups excluding carboxylic acids is 1. The number of rotatable bonds is 7. The Morgan fingerprint density at radius 1 is 1.07 bits per heavy atom. The molecule has 0 unspecified atom stereocenters. The number of nitrogens with zero attached hydrogens (tertiary/aromatic N) is 2. The van der Waals surface area contributed by atoms with Crippen molar-refractivity contribution in [2.45, 2.75) is 56.4 Å². The summed E-state index contributed by atoms with van der Waals surface area (Å²) in [6, 6.07) is 5.11. The first-order chi connectivity index (χ1) is 13.9. The minimum atomic E-state index is -3.64. The van der Waals surface area contributed by atoms with E-state index < -0.39 is 15.8 Å². The van der Waals surface area contributed by atoms with Crippen LogP contribution in [0.1, 0.15) is 45.4 Å². The second-order valence-electron chi connectivity index (χ2n) is 8.11. The summed E-state index contributed by atoms with van der Waals surface area (Å²) in [6.07, 6.45) is 5.41. The van der Waals surface area contributed by atoms with Gasteiger partial charge >= 0.3 is 0 Å². The summed E-state index contributed by atoms with van der Waals surface area (Å²) in [5.74, 6) is -0.556. The predicted octanol–water partition coefficient (Wildman–Crippen LogP) is 2.61. The van der Waals surface area contributed by atoms with Crippen molar-refractivity contribution < 1.29 is 17.6 Å². The first kappa shape index (κ1) is 22.2. The number of nitrogens with one attached hydrogen (secondary N) is 1. The van der Waals surface area contributed by atoms with E-state index in [4.69, 9.17) is 0 Å². The van der Waals surface area contributed by atoms with E-state index in [0.29, 0.717) is 25.9 Å². The summed E-state index contributed by atoms with van der Waals surface area (Å²) < 4.78 is 39.9. The molecule has 8 heteroatoms. The summed E-state index contributed by atoms with van der Waals surface area (Å²) in [7, 11) is -3.64. The number of sulfonamides is 1. The van der Waals surface area contributed by atoms with Crippen LogP contribution in [0.3, 0.4) is 0 Å². The van der Waals surface area contributed by atoms with Crippen molar-refractivity contribution in [1.29, 1.82) is 0 Å². The molecule has 2 fully saturated rings. The molecule has 1 aromatic carbocycles. The molecule has 6 nitrogen and oxygen atoms in total. The summed E-state index contributed by atoms with van der Waals surface area (Å²) in [4.78, 5) is 15.2. The van der Waals surface area contributed by atoms with Crippen molar-refractivity contribution in [3.8, 4) is 0 Å². The van der Waals surface area contributed by atoms with Gasteiger partial charge in [-0.1, -0.05) is 13.3 Å². The molecule has 0 saturated carbocycles. The van der Waals surface area contributed by atoms with E-state index >= 15 is 0 Å². The summed E-state index contributed by atoms with van der Waals surface area (Å²) >= 11 is 0. The fourth-order valence-corrected chi connectivity index (χ4v) is 5.59.